The molecule has 0 atom stereocenters. The largest absolute Gasteiger partial charge is 0.497 e. The zero-order valence-corrected chi connectivity index (χ0v) is 16.2. The summed E-state index contributed by atoms with van der Waals surface area (Å²) in [4.78, 5) is 0.700. The van der Waals surface area contributed by atoms with Gasteiger partial charge in [-0.25, -0.2) is 0 Å². The Morgan fingerprint density at radius 2 is 1.89 bits per heavy atom. The van der Waals surface area contributed by atoms with Gasteiger partial charge >= 0.3 is 0 Å². The lowest BCUT2D eigenvalue weighted by Gasteiger charge is -1.99. The minimum Gasteiger partial charge on any atom is -0.497 e. The summed E-state index contributed by atoms with van der Waals surface area (Å²) in [6.45, 7) is 0. The van der Waals surface area contributed by atoms with E-state index in [1.54, 1.807) is 11.6 Å². The SMILES string of the molecule is COc1ccc(-c2cc(-c3nnc4sc(-c5cccc(Cl)c5)nn34)[nH]n2)cc1. The highest BCUT2D eigenvalue weighted by Crippen LogP contribution is 2.30. The summed E-state index contributed by atoms with van der Waals surface area (Å²) in [5.41, 5.74) is 3.46. The molecule has 5 rings (SSSR count). The third-order valence-corrected chi connectivity index (χ3v) is 5.45. The van der Waals surface area contributed by atoms with E-state index in [-0.39, 0.29) is 0 Å². The van der Waals surface area contributed by atoms with E-state index in [4.69, 9.17) is 16.3 Å². The predicted octanol–water partition coefficient (Wildman–Crippen LogP) is 4.57. The van der Waals surface area contributed by atoms with E-state index in [1.165, 1.54) is 11.3 Å². The minimum atomic E-state index is 0.604. The molecule has 0 aliphatic carbocycles. The molecular weight excluding hydrogens is 396 g/mol. The van der Waals surface area contributed by atoms with Gasteiger partial charge in [0.2, 0.25) is 10.8 Å². The van der Waals surface area contributed by atoms with E-state index < -0.39 is 0 Å². The van der Waals surface area contributed by atoms with Crippen LogP contribution in [0, 0.1) is 0 Å². The Morgan fingerprint density at radius 3 is 2.68 bits per heavy atom. The van der Waals surface area contributed by atoms with Crippen molar-refractivity contribution in [3.8, 4) is 39.1 Å². The van der Waals surface area contributed by atoms with Gasteiger partial charge in [-0.3, -0.25) is 5.10 Å². The quantitative estimate of drug-likeness (QED) is 0.471. The highest BCUT2D eigenvalue weighted by atomic mass is 35.5. The van der Waals surface area contributed by atoms with Crippen LogP contribution in [0.15, 0.2) is 54.6 Å². The van der Waals surface area contributed by atoms with Crippen LogP contribution in [0.25, 0.3) is 38.3 Å². The lowest BCUT2D eigenvalue weighted by molar-refractivity contribution is 0.415. The molecule has 0 spiro atoms. The lowest BCUT2D eigenvalue weighted by atomic mass is 10.1. The smallest absolute Gasteiger partial charge is 0.235 e. The maximum Gasteiger partial charge on any atom is 0.235 e. The number of nitrogens with one attached hydrogen (secondary N) is 1. The fraction of sp³-hybridized carbons (Fsp3) is 0.0526. The van der Waals surface area contributed by atoms with E-state index in [2.05, 4.69) is 25.5 Å². The van der Waals surface area contributed by atoms with E-state index in [9.17, 15) is 0 Å². The average molecular weight is 409 g/mol. The third-order valence-electron chi connectivity index (χ3n) is 4.27. The lowest BCUT2D eigenvalue weighted by Crippen LogP contribution is -1.91. The first kappa shape index (κ1) is 16.9. The van der Waals surface area contributed by atoms with Crippen molar-refractivity contribution in [2.45, 2.75) is 0 Å². The average Bonchev–Trinajstić information content (AvgIpc) is 3.43. The van der Waals surface area contributed by atoms with Crippen molar-refractivity contribution in [1.82, 2.24) is 30.0 Å². The molecule has 0 radical (unpaired) electrons. The van der Waals surface area contributed by atoms with Gasteiger partial charge in [0.05, 0.1) is 12.8 Å². The number of nitrogens with zero attached hydrogens (tertiary/aromatic N) is 5. The Morgan fingerprint density at radius 1 is 1.04 bits per heavy atom. The Bertz CT molecular complexity index is 1270. The third kappa shape index (κ3) is 2.92. The van der Waals surface area contributed by atoms with Gasteiger partial charge in [0.15, 0.2) is 0 Å². The van der Waals surface area contributed by atoms with Crippen LogP contribution in [0.1, 0.15) is 0 Å². The Balaban J connectivity index is 1.52. The number of rotatable bonds is 4. The number of aromatic nitrogens is 6. The molecule has 2 aromatic carbocycles. The fourth-order valence-corrected chi connectivity index (χ4v) is 3.89. The minimum absolute atomic E-state index is 0.604. The summed E-state index contributed by atoms with van der Waals surface area (Å²) in [6.07, 6.45) is 0. The van der Waals surface area contributed by atoms with Crippen molar-refractivity contribution in [2.24, 2.45) is 0 Å². The monoisotopic (exact) mass is 408 g/mol. The summed E-state index contributed by atoms with van der Waals surface area (Å²) >= 11 is 7.55. The number of hydrogen-bond acceptors (Lipinski definition) is 6. The first-order valence-electron chi connectivity index (χ1n) is 8.39. The van der Waals surface area contributed by atoms with Crippen molar-refractivity contribution in [3.63, 3.8) is 0 Å². The molecule has 5 aromatic rings. The number of hydrogen-bond donors (Lipinski definition) is 1. The van der Waals surface area contributed by atoms with Crippen LogP contribution in [0.2, 0.25) is 5.02 Å². The van der Waals surface area contributed by atoms with E-state index in [0.717, 1.165) is 33.3 Å². The normalized spacial score (nSPS) is 11.2. The summed E-state index contributed by atoms with van der Waals surface area (Å²) in [5.74, 6) is 1.40. The van der Waals surface area contributed by atoms with Gasteiger partial charge in [-0.1, -0.05) is 35.1 Å². The Kier molecular flexibility index (Phi) is 4.07. The van der Waals surface area contributed by atoms with Crippen molar-refractivity contribution in [1.29, 1.82) is 0 Å². The topological polar surface area (TPSA) is 81.0 Å². The van der Waals surface area contributed by atoms with Crippen molar-refractivity contribution in [2.75, 3.05) is 7.11 Å². The maximum absolute atomic E-state index is 6.10. The maximum atomic E-state index is 6.10. The van der Waals surface area contributed by atoms with Crippen LogP contribution in [-0.4, -0.2) is 37.1 Å². The molecule has 1 N–H and O–H groups in total. The Hall–Kier alpha value is -3.23. The van der Waals surface area contributed by atoms with Gasteiger partial charge in [0.1, 0.15) is 16.5 Å². The second kappa shape index (κ2) is 6.74. The van der Waals surface area contributed by atoms with Crippen LogP contribution in [-0.2, 0) is 0 Å². The number of benzene rings is 2. The molecule has 0 aliphatic heterocycles. The summed E-state index contributed by atoms with van der Waals surface area (Å²) in [5, 5.41) is 22.1. The molecule has 0 saturated carbocycles. The van der Waals surface area contributed by atoms with Gasteiger partial charge in [-0.05, 0) is 42.5 Å². The van der Waals surface area contributed by atoms with Gasteiger partial charge in [-0.15, -0.1) is 10.2 Å². The van der Waals surface area contributed by atoms with E-state index in [0.29, 0.717) is 15.8 Å². The zero-order chi connectivity index (χ0) is 19.1. The first-order valence-corrected chi connectivity index (χ1v) is 9.59. The molecule has 3 heterocycles. The number of aromatic amines is 1. The molecule has 0 fully saturated rings. The molecule has 3 aromatic heterocycles. The van der Waals surface area contributed by atoms with Crippen LogP contribution in [0.3, 0.4) is 0 Å². The van der Waals surface area contributed by atoms with Crippen LogP contribution in [0.4, 0.5) is 0 Å². The van der Waals surface area contributed by atoms with Gasteiger partial charge in [0, 0.05) is 16.1 Å². The molecule has 9 heteroatoms. The molecule has 0 amide bonds. The summed E-state index contributed by atoms with van der Waals surface area (Å²) in [6, 6.07) is 17.2. The molecular formula is C19H13ClN6OS. The highest BCUT2D eigenvalue weighted by Gasteiger charge is 2.17. The van der Waals surface area contributed by atoms with Crippen LogP contribution in [0.5, 0.6) is 5.75 Å². The van der Waals surface area contributed by atoms with Gasteiger partial charge < -0.3 is 4.74 Å². The molecule has 0 bridgehead atoms. The molecule has 0 unspecified atom stereocenters. The molecule has 0 saturated heterocycles. The first-order chi connectivity index (χ1) is 13.7. The van der Waals surface area contributed by atoms with Crippen molar-refractivity contribution >= 4 is 27.9 Å². The van der Waals surface area contributed by atoms with Crippen molar-refractivity contribution in [3.05, 3.63) is 59.6 Å². The predicted molar refractivity (Wildman–Crippen MR) is 109 cm³/mol. The fourth-order valence-electron chi connectivity index (χ4n) is 2.87. The second-order valence-corrected chi connectivity index (χ2v) is 7.42. The van der Waals surface area contributed by atoms with E-state index in [1.807, 2.05) is 54.6 Å². The molecule has 28 heavy (non-hydrogen) atoms. The van der Waals surface area contributed by atoms with E-state index >= 15 is 0 Å². The number of H-pyrrole nitrogens is 1. The Labute approximate surface area is 168 Å². The van der Waals surface area contributed by atoms with Gasteiger partial charge in [0.25, 0.3) is 0 Å². The van der Waals surface area contributed by atoms with Crippen LogP contribution >= 0.6 is 22.9 Å². The molecule has 7 nitrogen and oxygen atoms in total. The number of ether oxygens (including phenoxy) is 1. The number of halogens is 1. The standard InChI is InChI=1S/C19H13ClN6OS/c1-27-14-7-5-11(6-8-14)15-10-16(22-21-15)17-23-24-19-26(17)25-18(28-19)12-3-2-4-13(20)9-12/h2-10H,1H3,(H,21,22). The molecule has 0 aliphatic rings. The number of fused-ring (bicyclic) bond motifs is 1. The molecule has 138 valence electrons. The summed E-state index contributed by atoms with van der Waals surface area (Å²) in [7, 11) is 1.64. The highest BCUT2D eigenvalue weighted by molar-refractivity contribution is 7.19. The second-order valence-electron chi connectivity index (χ2n) is 6.03. The zero-order valence-electron chi connectivity index (χ0n) is 14.6. The van der Waals surface area contributed by atoms with Crippen LogP contribution < -0.4 is 4.74 Å². The number of methoxy groups -OCH3 is 1. The summed E-state index contributed by atoms with van der Waals surface area (Å²) < 4.78 is 6.91. The van der Waals surface area contributed by atoms with Gasteiger partial charge in [-0.2, -0.15) is 14.7 Å². The van der Waals surface area contributed by atoms with Crippen molar-refractivity contribution < 1.29 is 4.74 Å².